The van der Waals surface area contributed by atoms with Gasteiger partial charge in [0.15, 0.2) is 0 Å². The number of carbonyl (C=O) groups excluding carboxylic acids is 1. The third-order valence-corrected chi connectivity index (χ3v) is 4.37. The predicted octanol–water partition coefficient (Wildman–Crippen LogP) is 1.23. The Kier molecular flexibility index (Phi) is 4.13. The molecule has 0 bridgehead atoms. The van der Waals surface area contributed by atoms with Crippen LogP contribution in [0.15, 0.2) is 0 Å². The average Bonchev–Trinajstić information content (AvgIpc) is 2.74. The van der Waals surface area contributed by atoms with Gasteiger partial charge in [-0.15, -0.1) is 0 Å². The van der Waals surface area contributed by atoms with Crippen LogP contribution >= 0.6 is 0 Å². The molecule has 0 aromatic carbocycles. The second-order valence-corrected chi connectivity index (χ2v) is 6.49. The summed E-state index contributed by atoms with van der Waals surface area (Å²) in [6, 6.07) is 0.836. The molecule has 2 rings (SSSR count). The second-order valence-electron chi connectivity index (χ2n) is 6.49. The summed E-state index contributed by atoms with van der Waals surface area (Å²) < 4.78 is 0. The fourth-order valence-electron chi connectivity index (χ4n) is 3.11. The topological polar surface area (TPSA) is 69.6 Å². The van der Waals surface area contributed by atoms with Crippen molar-refractivity contribution < 1.29 is 14.7 Å². The Morgan fingerprint density at radius 3 is 2.74 bits per heavy atom. The molecular weight excluding hydrogens is 244 g/mol. The minimum absolute atomic E-state index is 0.0488. The summed E-state index contributed by atoms with van der Waals surface area (Å²) in [5, 5.41) is 12.0. The van der Waals surface area contributed by atoms with Gasteiger partial charge >= 0.3 is 5.97 Å². The quantitative estimate of drug-likeness (QED) is 0.804. The van der Waals surface area contributed by atoms with Crippen LogP contribution in [-0.2, 0) is 9.59 Å². The Bertz CT molecular complexity index is 368. The zero-order chi connectivity index (χ0) is 14.0. The van der Waals surface area contributed by atoms with E-state index in [2.05, 4.69) is 10.2 Å². The smallest absolute Gasteiger partial charge is 0.309 e. The minimum Gasteiger partial charge on any atom is -0.481 e. The minimum atomic E-state index is -0.988. The molecule has 2 unspecified atom stereocenters. The van der Waals surface area contributed by atoms with Crippen molar-refractivity contribution in [2.45, 2.75) is 58.0 Å². The Labute approximate surface area is 114 Å². The first-order valence-electron chi connectivity index (χ1n) is 7.15. The fourth-order valence-corrected chi connectivity index (χ4v) is 3.11. The number of aliphatic carboxylic acids is 1. The number of fused-ring (bicyclic) bond motifs is 1. The summed E-state index contributed by atoms with van der Waals surface area (Å²) in [5.74, 6) is -1.06. The van der Waals surface area contributed by atoms with Crippen LogP contribution in [-0.4, -0.2) is 47.1 Å². The highest BCUT2D eigenvalue weighted by atomic mass is 16.4. The van der Waals surface area contributed by atoms with Crippen molar-refractivity contribution in [2.24, 2.45) is 5.41 Å². The van der Waals surface area contributed by atoms with Crippen LogP contribution in [0.2, 0.25) is 0 Å². The van der Waals surface area contributed by atoms with E-state index in [-0.39, 0.29) is 18.4 Å². The van der Waals surface area contributed by atoms with Gasteiger partial charge in [-0.25, -0.2) is 0 Å². The summed E-state index contributed by atoms with van der Waals surface area (Å²) in [6.45, 7) is 5.43. The third-order valence-electron chi connectivity index (χ3n) is 4.37. The highest BCUT2D eigenvalue weighted by molar-refractivity contribution is 5.84. The van der Waals surface area contributed by atoms with Gasteiger partial charge in [0.2, 0.25) is 5.91 Å². The molecule has 0 aliphatic carbocycles. The Hall–Kier alpha value is -1.10. The summed E-state index contributed by atoms with van der Waals surface area (Å²) in [4.78, 5) is 25.5. The molecule has 0 saturated carbocycles. The Morgan fingerprint density at radius 1 is 1.32 bits per heavy atom. The predicted molar refractivity (Wildman–Crippen MR) is 71.8 cm³/mol. The fraction of sp³-hybridized carbons (Fsp3) is 0.857. The van der Waals surface area contributed by atoms with Gasteiger partial charge in [0.05, 0.1) is 5.41 Å². The van der Waals surface area contributed by atoms with Crippen molar-refractivity contribution in [1.29, 1.82) is 0 Å². The van der Waals surface area contributed by atoms with E-state index in [1.165, 1.54) is 19.4 Å². The van der Waals surface area contributed by atoms with Gasteiger partial charge in [-0.05, 0) is 46.1 Å². The first-order chi connectivity index (χ1) is 8.88. The number of nitrogens with one attached hydrogen (secondary N) is 1. The molecule has 19 heavy (non-hydrogen) atoms. The standard InChI is InChI=1S/C14H24N2O3/c1-14(2,13(18)19)9-12(17)15-10-5-7-16-6-3-4-11(16)8-10/h10-11H,3-9H2,1-2H3,(H,15,17)(H,18,19). The first kappa shape index (κ1) is 14.3. The van der Waals surface area contributed by atoms with Crippen molar-refractivity contribution in [3.63, 3.8) is 0 Å². The summed E-state index contributed by atoms with van der Waals surface area (Å²) in [5.41, 5.74) is -0.988. The molecule has 5 nitrogen and oxygen atoms in total. The number of carbonyl (C=O) groups is 2. The lowest BCUT2D eigenvalue weighted by Crippen LogP contribution is -2.48. The monoisotopic (exact) mass is 268 g/mol. The van der Waals surface area contributed by atoms with Crippen molar-refractivity contribution in [2.75, 3.05) is 13.1 Å². The number of rotatable bonds is 4. The molecule has 5 heteroatoms. The SMILES string of the molecule is CC(C)(CC(=O)NC1CCN2CCCC2C1)C(=O)O. The van der Waals surface area contributed by atoms with Gasteiger partial charge in [0.25, 0.3) is 0 Å². The normalized spacial score (nSPS) is 27.9. The van der Waals surface area contributed by atoms with Crippen molar-refractivity contribution in [1.82, 2.24) is 10.2 Å². The van der Waals surface area contributed by atoms with Crippen molar-refractivity contribution >= 4 is 11.9 Å². The molecule has 2 N–H and O–H groups in total. The van der Waals surface area contributed by atoms with Crippen LogP contribution < -0.4 is 5.32 Å². The van der Waals surface area contributed by atoms with Gasteiger partial charge in [-0.2, -0.15) is 0 Å². The number of carboxylic acid groups (broad SMARTS) is 1. The van der Waals surface area contributed by atoms with E-state index >= 15 is 0 Å². The highest BCUT2D eigenvalue weighted by Gasteiger charge is 2.34. The number of hydrogen-bond donors (Lipinski definition) is 2. The third kappa shape index (κ3) is 3.47. The number of nitrogens with zero attached hydrogens (tertiary/aromatic N) is 1. The van der Waals surface area contributed by atoms with Crippen LogP contribution in [0.25, 0.3) is 0 Å². The molecule has 2 saturated heterocycles. The van der Waals surface area contributed by atoms with E-state index in [1.807, 2.05) is 0 Å². The molecule has 1 amide bonds. The Morgan fingerprint density at radius 2 is 2.05 bits per heavy atom. The van der Waals surface area contributed by atoms with Gasteiger partial charge in [0.1, 0.15) is 0 Å². The maximum absolute atomic E-state index is 11.9. The maximum Gasteiger partial charge on any atom is 0.309 e. The summed E-state index contributed by atoms with van der Waals surface area (Å²) in [6.07, 6.45) is 4.53. The zero-order valence-corrected chi connectivity index (χ0v) is 11.8. The van der Waals surface area contributed by atoms with E-state index in [0.29, 0.717) is 6.04 Å². The highest BCUT2D eigenvalue weighted by Crippen LogP contribution is 2.27. The molecule has 2 aliphatic rings. The van der Waals surface area contributed by atoms with Crippen LogP contribution in [0, 0.1) is 5.41 Å². The molecule has 108 valence electrons. The summed E-state index contributed by atoms with van der Waals surface area (Å²) >= 11 is 0. The number of carboxylic acids is 1. The molecule has 2 heterocycles. The lowest BCUT2D eigenvalue weighted by Gasteiger charge is -2.35. The van der Waals surface area contributed by atoms with Gasteiger partial charge in [0, 0.05) is 25.0 Å². The van der Waals surface area contributed by atoms with Crippen LogP contribution in [0.1, 0.15) is 46.0 Å². The van der Waals surface area contributed by atoms with Gasteiger partial charge in [-0.1, -0.05) is 0 Å². The second kappa shape index (κ2) is 5.49. The van der Waals surface area contributed by atoms with Crippen LogP contribution in [0.4, 0.5) is 0 Å². The van der Waals surface area contributed by atoms with E-state index in [1.54, 1.807) is 13.8 Å². The van der Waals surface area contributed by atoms with E-state index < -0.39 is 11.4 Å². The molecule has 2 atom stereocenters. The van der Waals surface area contributed by atoms with E-state index in [4.69, 9.17) is 5.11 Å². The average molecular weight is 268 g/mol. The maximum atomic E-state index is 11.9. The zero-order valence-electron chi connectivity index (χ0n) is 11.8. The first-order valence-corrected chi connectivity index (χ1v) is 7.15. The Balaban J connectivity index is 1.81. The molecular formula is C14H24N2O3. The molecule has 0 aromatic rings. The molecule has 0 radical (unpaired) electrons. The molecule has 2 fully saturated rings. The largest absolute Gasteiger partial charge is 0.481 e. The molecule has 0 spiro atoms. The number of piperidine rings is 1. The van der Waals surface area contributed by atoms with Crippen molar-refractivity contribution in [3.8, 4) is 0 Å². The van der Waals surface area contributed by atoms with Gasteiger partial charge < -0.3 is 15.3 Å². The van der Waals surface area contributed by atoms with Gasteiger partial charge in [-0.3, -0.25) is 9.59 Å². The van der Waals surface area contributed by atoms with Crippen LogP contribution in [0.5, 0.6) is 0 Å². The number of amides is 1. The van der Waals surface area contributed by atoms with E-state index in [9.17, 15) is 9.59 Å². The van der Waals surface area contributed by atoms with Crippen molar-refractivity contribution in [3.05, 3.63) is 0 Å². The van der Waals surface area contributed by atoms with E-state index in [0.717, 1.165) is 19.4 Å². The molecule has 0 aromatic heterocycles. The lowest BCUT2D eigenvalue weighted by atomic mass is 9.88. The lowest BCUT2D eigenvalue weighted by molar-refractivity contribution is -0.149. The summed E-state index contributed by atoms with van der Waals surface area (Å²) in [7, 11) is 0. The van der Waals surface area contributed by atoms with Crippen LogP contribution in [0.3, 0.4) is 0 Å². The molecule has 2 aliphatic heterocycles. The number of hydrogen-bond acceptors (Lipinski definition) is 3.